The Labute approximate surface area is 218 Å². The number of anilines is 4. The Morgan fingerprint density at radius 2 is 1.54 bits per heavy atom. The van der Waals surface area contributed by atoms with E-state index < -0.39 is 0 Å². The molecule has 0 bridgehead atoms. The standard InChI is InChI=1S/C29H35N5O3/c1-19(21-14-16-34(17-15-21)25-12-6-22(7-13-25)20(2)35)30-23-8-10-24(11-9-23)31-28(36)32-27-18-26(37-33-27)29(3,4)5/h6-13,18,21,30H,1,14-17H2,2-5H3,(H2,31,32,33,36). The van der Waals surface area contributed by atoms with Gasteiger partial charge in [-0.3, -0.25) is 10.1 Å². The number of allylic oxidation sites excluding steroid dienone is 1. The maximum absolute atomic E-state index is 12.3. The first-order valence-corrected chi connectivity index (χ1v) is 12.6. The van der Waals surface area contributed by atoms with Gasteiger partial charge in [-0.2, -0.15) is 0 Å². The molecule has 0 atom stereocenters. The molecule has 8 heteroatoms. The summed E-state index contributed by atoms with van der Waals surface area (Å²) in [4.78, 5) is 26.2. The van der Waals surface area contributed by atoms with Crippen LogP contribution in [0.15, 0.2) is 71.4 Å². The van der Waals surface area contributed by atoms with Crippen molar-refractivity contribution in [3.05, 3.63) is 78.2 Å². The molecule has 2 aromatic carbocycles. The number of Topliss-reactive ketones (excluding diaryl/α,β-unsaturated/α-hetero) is 1. The van der Waals surface area contributed by atoms with Gasteiger partial charge in [-0.25, -0.2) is 4.79 Å². The highest BCUT2D eigenvalue weighted by molar-refractivity contribution is 5.99. The fraction of sp³-hybridized carbons (Fsp3) is 0.345. The first kappa shape index (κ1) is 26.0. The van der Waals surface area contributed by atoms with Gasteiger partial charge >= 0.3 is 6.03 Å². The van der Waals surface area contributed by atoms with Crippen LogP contribution in [0.2, 0.25) is 0 Å². The molecule has 37 heavy (non-hydrogen) atoms. The smallest absolute Gasteiger partial charge is 0.324 e. The molecule has 1 aliphatic rings. The van der Waals surface area contributed by atoms with E-state index in [-0.39, 0.29) is 17.2 Å². The summed E-state index contributed by atoms with van der Waals surface area (Å²) in [6.07, 6.45) is 2.00. The summed E-state index contributed by atoms with van der Waals surface area (Å²) in [6.45, 7) is 13.8. The SMILES string of the molecule is C=C(Nc1ccc(NC(=O)Nc2cc(C(C)(C)C)on2)cc1)C1CCN(c2ccc(C(C)=O)cc2)CC1. The van der Waals surface area contributed by atoms with Crippen LogP contribution in [-0.2, 0) is 5.41 Å². The van der Waals surface area contributed by atoms with E-state index >= 15 is 0 Å². The van der Waals surface area contributed by atoms with Crippen molar-refractivity contribution < 1.29 is 14.1 Å². The third kappa shape index (κ3) is 6.78. The molecule has 0 spiro atoms. The van der Waals surface area contributed by atoms with Crippen molar-refractivity contribution in [1.29, 1.82) is 0 Å². The monoisotopic (exact) mass is 501 g/mol. The summed E-state index contributed by atoms with van der Waals surface area (Å²) in [5.74, 6) is 1.53. The summed E-state index contributed by atoms with van der Waals surface area (Å²) in [5.41, 5.74) is 4.28. The van der Waals surface area contributed by atoms with Crippen LogP contribution < -0.4 is 20.9 Å². The lowest BCUT2D eigenvalue weighted by molar-refractivity contribution is 0.101. The average molecular weight is 502 g/mol. The Bertz CT molecular complexity index is 1250. The summed E-state index contributed by atoms with van der Waals surface area (Å²) in [6, 6.07) is 16.7. The van der Waals surface area contributed by atoms with E-state index in [1.54, 1.807) is 13.0 Å². The van der Waals surface area contributed by atoms with Crippen LogP contribution in [0.3, 0.4) is 0 Å². The van der Waals surface area contributed by atoms with Gasteiger partial charge in [0.1, 0.15) is 5.76 Å². The molecule has 3 aromatic rings. The Balaban J connectivity index is 1.24. The van der Waals surface area contributed by atoms with Crippen molar-refractivity contribution >= 4 is 34.7 Å². The Kier molecular flexibility index (Phi) is 7.66. The fourth-order valence-electron chi connectivity index (χ4n) is 4.28. The molecule has 1 aliphatic heterocycles. The van der Waals surface area contributed by atoms with Crippen LogP contribution in [0.5, 0.6) is 0 Å². The van der Waals surface area contributed by atoms with Crippen LogP contribution in [0.4, 0.5) is 27.7 Å². The molecule has 194 valence electrons. The van der Waals surface area contributed by atoms with Crippen molar-refractivity contribution in [2.75, 3.05) is 33.9 Å². The molecule has 3 N–H and O–H groups in total. The lowest BCUT2D eigenvalue weighted by Gasteiger charge is -2.34. The van der Waals surface area contributed by atoms with Crippen LogP contribution in [-0.4, -0.2) is 30.1 Å². The minimum Gasteiger partial charge on any atom is -0.371 e. The lowest BCUT2D eigenvalue weighted by atomic mass is 9.93. The highest BCUT2D eigenvalue weighted by Gasteiger charge is 2.22. The van der Waals surface area contributed by atoms with Gasteiger partial charge in [0, 0.05) is 58.8 Å². The lowest BCUT2D eigenvalue weighted by Crippen LogP contribution is -2.35. The van der Waals surface area contributed by atoms with Gasteiger partial charge < -0.3 is 20.1 Å². The average Bonchev–Trinajstić information content (AvgIpc) is 3.34. The topological polar surface area (TPSA) is 99.5 Å². The number of amides is 2. The predicted octanol–water partition coefficient (Wildman–Crippen LogP) is 6.66. The molecule has 0 saturated carbocycles. The molecule has 2 amide bonds. The van der Waals surface area contributed by atoms with Crippen molar-refractivity contribution in [3.63, 3.8) is 0 Å². The second-order valence-electron chi connectivity index (χ2n) is 10.5. The molecule has 0 radical (unpaired) electrons. The molecule has 1 fully saturated rings. The normalized spacial score (nSPS) is 14.2. The molecular weight excluding hydrogens is 466 g/mol. The van der Waals surface area contributed by atoms with Crippen LogP contribution >= 0.6 is 0 Å². The summed E-state index contributed by atoms with van der Waals surface area (Å²) < 4.78 is 5.30. The number of urea groups is 1. The number of piperidine rings is 1. The number of ketones is 1. The molecule has 0 unspecified atom stereocenters. The minimum absolute atomic E-state index is 0.0842. The zero-order chi connectivity index (χ0) is 26.6. The van der Waals surface area contributed by atoms with Crippen LogP contribution in [0.25, 0.3) is 0 Å². The fourth-order valence-corrected chi connectivity index (χ4v) is 4.28. The van der Waals surface area contributed by atoms with Crippen LogP contribution in [0, 0.1) is 5.92 Å². The first-order valence-electron chi connectivity index (χ1n) is 12.6. The third-order valence-electron chi connectivity index (χ3n) is 6.57. The van der Waals surface area contributed by atoms with Crippen molar-refractivity contribution in [3.8, 4) is 0 Å². The van der Waals surface area contributed by atoms with E-state index in [1.807, 2.05) is 69.3 Å². The van der Waals surface area contributed by atoms with E-state index in [0.29, 0.717) is 23.2 Å². The maximum Gasteiger partial charge on any atom is 0.324 e. The molecule has 0 aliphatic carbocycles. The van der Waals surface area contributed by atoms with Gasteiger partial charge in [0.25, 0.3) is 0 Å². The highest BCUT2D eigenvalue weighted by Crippen LogP contribution is 2.29. The number of nitrogens with zero attached hydrogens (tertiary/aromatic N) is 2. The van der Waals surface area contributed by atoms with E-state index in [0.717, 1.165) is 48.6 Å². The number of carbonyl (C=O) groups is 2. The number of hydrogen-bond acceptors (Lipinski definition) is 6. The molecule has 2 heterocycles. The van der Waals surface area contributed by atoms with Gasteiger partial charge in [-0.15, -0.1) is 0 Å². The van der Waals surface area contributed by atoms with Gasteiger partial charge in [0.15, 0.2) is 11.6 Å². The second kappa shape index (κ2) is 10.9. The first-order chi connectivity index (χ1) is 17.6. The zero-order valence-corrected chi connectivity index (χ0v) is 21.9. The predicted molar refractivity (Wildman–Crippen MR) is 148 cm³/mol. The minimum atomic E-state index is -0.387. The van der Waals surface area contributed by atoms with Crippen molar-refractivity contribution in [1.82, 2.24) is 5.16 Å². The summed E-state index contributed by atoms with van der Waals surface area (Å²) in [7, 11) is 0. The number of rotatable bonds is 7. The van der Waals surface area contributed by atoms with E-state index in [9.17, 15) is 9.59 Å². The molecular formula is C29H35N5O3. The second-order valence-corrected chi connectivity index (χ2v) is 10.5. The summed E-state index contributed by atoms with van der Waals surface area (Å²) >= 11 is 0. The number of nitrogens with one attached hydrogen (secondary N) is 3. The van der Waals surface area contributed by atoms with E-state index in [4.69, 9.17) is 4.52 Å². The number of hydrogen-bond donors (Lipinski definition) is 3. The van der Waals surface area contributed by atoms with Gasteiger partial charge in [0.2, 0.25) is 0 Å². The number of aromatic nitrogens is 1. The Hall–Kier alpha value is -4.07. The van der Waals surface area contributed by atoms with Gasteiger partial charge in [0.05, 0.1) is 0 Å². The van der Waals surface area contributed by atoms with E-state index in [1.165, 1.54) is 0 Å². The largest absolute Gasteiger partial charge is 0.371 e. The zero-order valence-electron chi connectivity index (χ0n) is 21.9. The molecule has 1 saturated heterocycles. The maximum atomic E-state index is 12.3. The quantitative estimate of drug-likeness (QED) is 0.313. The van der Waals surface area contributed by atoms with Crippen molar-refractivity contribution in [2.24, 2.45) is 5.92 Å². The van der Waals surface area contributed by atoms with E-state index in [2.05, 4.69) is 32.6 Å². The number of carbonyl (C=O) groups excluding carboxylic acids is 2. The van der Waals surface area contributed by atoms with Gasteiger partial charge in [-0.1, -0.05) is 32.5 Å². The highest BCUT2D eigenvalue weighted by atomic mass is 16.5. The third-order valence-corrected chi connectivity index (χ3v) is 6.57. The Morgan fingerprint density at radius 3 is 2.08 bits per heavy atom. The van der Waals surface area contributed by atoms with Crippen LogP contribution in [0.1, 0.15) is 56.7 Å². The molecule has 8 nitrogen and oxygen atoms in total. The van der Waals surface area contributed by atoms with Gasteiger partial charge in [-0.05, 0) is 68.3 Å². The number of benzene rings is 2. The Morgan fingerprint density at radius 1 is 0.946 bits per heavy atom. The summed E-state index contributed by atoms with van der Waals surface area (Å²) in [5, 5.41) is 12.8. The van der Waals surface area contributed by atoms with Crippen molar-refractivity contribution in [2.45, 2.75) is 46.0 Å². The molecule has 1 aromatic heterocycles. The molecule has 4 rings (SSSR count).